The van der Waals surface area contributed by atoms with Gasteiger partial charge in [-0.3, -0.25) is 9.48 Å². The van der Waals surface area contributed by atoms with Gasteiger partial charge >= 0.3 is 0 Å². The number of nitrogens with zero attached hydrogens (tertiary/aromatic N) is 4. The van der Waals surface area contributed by atoms with E-state index >= 15 is 0 Å². The van der Waals surface area contributed by atoms with E-state index in [4.69, 9.17) is 0 Å². The molecule has 1 aliphatic rings. The van der Waals surface area contributed by atoms with E-state index in [1.807, 2.05) is 0 Å². The summed E-state index contributed by atoms with van der Waals surface area (Å²) in [6.07, 6.45) is 1.37. The summed E-state index contributed by atoms with van der Waals surface area (Å²) in [4.78, 5) is 20.1. The number of carbonyl (C=O) groups is 1. The molecular formula is C18H14F3N5O. The molecule has 0 saturated heterocycles. The monoisotopic (exact) mass is 373 g/mol. The van der Waals surface area contributed by atoms with Crippen LogP contribution in [0.25, 0.3) is 22.8 Å². The standard InChI is InChI=1S/C18H14F3N5O/c1-2-9-15(20)10(7-11(19)16(9)21)17-22-4-3-12(24-17)13-8-14-18(27)23-5-6-26(14)25-13/h3-4,7-8H,2,5-6H2,1H3,(H,23,27). The Hall–Kier alpha value is -3.23. The fourth-order valence-corrected chi connectivity index (χ4v) is 3.02. The minimum atomic E-state index is -1.21. The van der Waals surface area contributed by atoms with Gasteiger partial charge in [0.25, 0.3) is 5.91 Å². The number of hydrogen-bond donors (Lipinski definition) is 1. The molecule has 0 saturated carbocycles. The number of aromatic nitrogens is 4. The number of amides is 1. The van der Waals surface area contributed by atoms with Crippen LogP contribution in [-0.4, -0.2) is 32.2 Å². The first-order valence-electron chi connectivity index (χ1n) is 8.35. The van der Waals surface area contributed by atoms with Crippen LogP contribution >= 0.6 is 0 Å². The van der Waals surface area contributed by atoms with Gasteiger partial charge < -0.3 is 5.32 Å². The first kappa shape index (κ1) is 17.2. The van der Waals surface area contributed by atoms with Gasteiger partial charge in [0, 0.05) is 18.3 Å². The lowest BCUT2D eigenvalue weighted by Gasteiger charge is -2.13. The van der Waals surface area contributed by atoms with Gasteiger partial charge in [0.15, 0.2) is 17.5 Å². The average molecular weight is 373 g/mol. The van der Waals surface area contributed by atoms with Crippen molar-refractivity contribution in [3.63, 3.8) is 0 Å². The summed E-state index contributed by atoms with van der Waals surface area (Å²) in [5.74, 6) is -3.59. The smallest absolute Gasteiger partial charge is 0.269 e. The Kier molecular flexibility index (Phi) is 4.14. The van der Waals surface area contributed by atoms with Gasteiger partial charge in [-0.25, -0.2) is 23.1 Å². The molecule has 0 atom stereocenters. The van der Waals surface area contributed by atoms with Crippen molar-refractivity contribution in [3.05, 3.63) is 53.1 Å². The Labute approximate surface area is 152 Å². The van der Waals surface area contributed by atoms with Gasteiger partial charge in [0.05, 0.1) is 17.8 Å². The summed E-state index contributed by atoms with van der Waals surface area (Å²) < 4.78 is 43.8. The summed E-state index contributed by atoms with van der Waals surface area (Å²) in [5, 5.41) is 7.04. The minimum absolute atomic E-state index is 0.00893. The highest BCUT2D eigenvalue weighted by atomic mass is 19.2. The van der Waals surface area contributed by atoms with Crippen LogP contribution in [0.3, 0.4) is 0 Å². The van der Waals surface area contributed by atoms with E-state index in [0.29, 0.717) is 30.2 Å². The van der Waals surface area contributed by atoms with Gasteiger partial charge in [0.1, 0.15) is 17.2 Å². The number of rotatable bonds is 3. The lowest BCUT2D eigenvalue weighted by Crippen LogP contribution is -2.35. The summed E-state index contributed by atoms with van der Waals surface area (Å²) >= 11 is 0. The van der Waals surface area contributed by atoms with Gasteiger partial charge in [-0.05, 0) is 24.6 Å². The molecule has 0 radical (unpaired) electrons. The quantitative estimate of drug-likeness (QED) is 0.717. The molecule has 9 heteroatoms. The van der Waals surface area contributed by atoms with Crippen molar-refractivity contribution in [1.29, 1.82) is 0 Å². The predicted octanol–water partition coefficient (Wildman–Crippen LogP) is 2.73. The van der Waals surface area contributed by atoms with Crippen LogP contribution in [0.1, 0.15) is 23.0 Å². The molecule has 1 amide bonds. The Morgan fingerprint density at radius 1 is 1.19 bits per heavy atom. The maximum absolute atomic E-state index is 14.6. The van der Waals surface area contributed by atoms with Gasteiger partial charge in [-0.2, -0.15) is 5.10 Å². The van der Waals surface area contributed by atoms with Crippen molar-refractivity contribution >= 4 is 5.91 Å². The Morgan fingerprint density at radius 3 is 2.74 bits per heavy atom. The second-order valence-electron chi connectivity index (χ2n) is 6.03. The topological polar surface area (TPSA) is 72.7 Å². The molecule has 138 valence electrons. The molecule has 0 aliphatic carbocycles. The molecule has 0 fully saturated rings. The highest BCUT2D eigenvalue weighted by Crippen LogP contribution is 2.28. The molecule has 0 spiro atoms. The molecule has 1 N–H and O–H groups in total. The SMILES string of the molecule is CCc1c(F)c(F)cc(-c2nccc(-c3cc4n(n3)CCNC4=O)n2)c1F. The second kappa shape index (κ2) is 6.49. The van der Waals surface area contributed by atoms with Crippen LogP contribution in [0.2, 0.25) is 0 Å². The van der Waals surface area contributed by atoms with Crippen molar-refractivity contribution in [1.82, 2.24) is 25.1 Å². The summed E-state index contributed by atoms with van der Waals surface area (Å²) in [6.45, 7) is 2.53. The number of carbonyl (C=O) groups excluding carboxylic acids is 1. The van der Waals surface area contributed by atoms with Crippen molar-refractivity contribution in [3.8, 4) is 22.8 Å². The fraction of sp³-hybridized carbons (Fsp3) is 0.222. The van der Waals surface area contributed by atoms with Crippen LogP contribution < -0.4 is 5.32 Å². The molecule has 1 aliphatic heterocycles. The number of halogens is 3. The highest BCUT2D eigenvalue weighted by molar-refractivity contribution is 5.94. The highest BCUT2D eigenvalue weighted by Gasteiger charge is 2.22. The van der Waals surface area contributed by atoms with E-state index in [-0.39, 0.29) is 29.3 Å². The largest absolute Gasteiger partial charge is 0.349 e. The molecule has 4 rings (SSSR count). The molecule has 0 unspecified atom stereocenters. The molecule has 3 heterocycles. The third-order valence-corrected chi connectivity index (χ3v) is 4.38. The third kappa shape index (κ3) is 2.84. The van der Waals surface area contributed by atoms with Crippen molar-refractivity contribution in [2.75, 3.05) is 6.54 Å². The van der Waals surface area contributed by atoms with E-state index < -0.39 is 17.5 Å². The Balaban J connectivity index is 1.81. The van der Waals surface area contributed by atoms with Crippen LogP contribution in [0.5, 0.6) is 0 Å². The van der Waals surface area contributed by atoms with Crippen LogP contribution in [0, 0.1) is 17.5 Å². The van der Waals surface area contributed by atoms with Gasteiger partial charge in [0.2, 0.25) is 0 Å². The lowest BCUT2D eigenvalue weighted by molar-refractivity contribution is 0.0924. The maximum Gasteiger partial charge on any atom is 0.269 e. The van der Waals surface area contributed by atoms with Crippen LogP contribution in [0.15, 0.2) is 24.4 Å². The molecule has 27 heavy (non-hydrogen) atoms. The molecule has 6 nitrogen and oxygen atoms in total. The predicted molar refractivity (Wildman–Crippen MR) is 90.3 cm³/mol. The average Bonchev–Trinajstić information content (AvgIpc) is 3.11. The van der Waals surface area contributed by atoms with Crippen molar-refractivity contribution in [2.24, 2.45) is 0 Å². The lowest BCUT2D eigenvalue weighted by atomic mass is 10.1. The normalized spacial score (nSPS) is 13.4. The van der Waals surface area contributed by atoms with E-state index in [0.717, 1.165) is 6.07 Å². The summed E-state index contributed by atoms with van der Waals surface area (Å²) in [5.41, 5.74) is 0.562. The molecule has 1 aromatic carbocycles. The summed E-state index contributed by atoms with van der Waals surface area (Å²) in [7, 11) is 0. The number of fused-ring (bicyclic) bond motifs is 1. The zero-order valence-corrected chi connectivity index (χ0v) is 14.3. The molecule has 3 aromatic rings. The van der Waals surface area contributed by atoms with Gasteiger partial charge in [-0.15, -0.1) is 0 Å². The minimum Gasteiger partial charge on any atom is -0.349 e. The zero-order chi connectivity index (χ0) is 19.1. The Morgan fingerprint density at radius 2 is 2.00 bits per heavy atom. The fourth-order valence-electron chi connectivity index (χ4n) is 3.02. The van der Waals surface area contributed by atoms with E-state index in [1.54, 1.807) is 16.8 Å². The van der Waals surface area contributed by atoms with Crippen molar-refractivity contribution in [2.45, 2.75) is 19.9 Å². The van der Waals surface area contributed by atoms with E-state index in [9.17, 15) is 18.0 Å². The first-order valence-corrected chi connectivity index (χ1v) is 8.35. The Bertz CT molecular complexity index is 1060. The summed E-state index contributed by atoms with van der Waals surface area (Å²) in [6, 6.07) is 3.86. The third-order valence-electron chi connectivity index (χ3n) is 4.38. The maximum atomic E-state index is 14.6. The van der Waals surface area contributed by atoms with E-state index in [1.165, 1.54) is 13.1 Å². The second-order valence-corrected chi connectivity index (χ2v) is 6.03. The zero-order valence-electron chi connectivity index (χ0n) is 14.3. The molecular weight excluding hydrogens is 359 g/mol. The van der Waals surface area contributed by atoms with E-state index in [2.05, 4.69) is 20.4 Å². The number of nitrogens with one attached hydrogen (secondary N) is 1. The number of benzene rings is 1. The number of hydrogen-bond acceptors (Lipinski definition) is 4. The van der Waals surface area contributed by atoms with Crippen LogP contribution in [-0.2, 0) is 13.0 Å². The molecule has 2 aromatic heterocycles. The first-order chi connectivity index (χ1) is 13.0. The molecule has 0 bridgehead atoms. The van der Waals surface area contributed by atoms with Crippen LogP contribution in [0.4, 0.5) is 13.2 Å². The van der Waals surface area contributed by atoms with Crippen molar-refractivity contribution < 1.29 is 18.0 Å². The van der Waals surface area contributed by atoms with Gasteiger partial charge in [-0.1, -0.05) is 6.92 Å².